The number of carboxylic acid groups (broad SMARTS) is 1. The number of fused-ring (bicyclic) bond motifs is 1. The molecule has 0 aliphatic heterocycles. The van der Waals surface area contributed by atoms with E-state index in [1.54, 1.807) is 19.9 Å². The van der Waals surface area contributed by atoms with E-state index in [-0.39, 0.29) is 23.3 Å². The number of carbonyl (C=O) groups is 3. The summed E-state index contributed by atoms with van der Waals surface area (Å²) in [7, 11) is 0. The van der Waals surface area contributed by atoms with Crippen molar-refractivity contribution in [3.05, 3.63) is 39.2 Å². The number of hydrogen-bond donors (Lipinski definition) is 4. The number of phenols is 1. The molecule has 2 amide bonds. The molecule has 1 aromatic carbocycles. The number of benzene rings is 1. The minimum Gasteiger partial charge on any atom is -0.508 e. The minimum atomic E-state index is -1.20. The summed E-state index contributed by atoms with van der Waals surface area (Å²) in [6, 6.07) is 3.07. The van der Waals surface area contributed by atoms with E-state index in [0.717, 1.165) is 0 Å². The number of aliphatic carboxylic acids is 1. The SMILES string of the molecule is Cc1c(CC(=O)NCC(=O)NCC(=O)O)c(=O)oc2c(C)c(O)ccc12. The summed E-state index contributed by atoms with van der Waals surface area (Å²) >= 11 is 0. The van der Waals surface area contributed by atoms with Gasteiger partial charge in [-0.2, -0.15) is 0 Å². The monoisotopic (exact) mass is 362 g/mol. The Balaban J connectivity index is 2.14. The second-order valence-corrected chi connectivity index (χ2v) is 5.70. The van der Waals surface area contributed by atoms with E-state index >= 15 is 0 Å². The maximum absolute atomic E-state index is 12.2. The van der Waals surface area contributed by atoms with Crippen LogP contribution in [0.3, 0.4) is 0 Å². The third kappa shape index (κ3) is 4.18. The average Bonchev–Trinajstić information content (AvgIpc) is 2.58. The molecule has 0 saturated carbocycles. The molecule has 2 rings (SSSR count). The number of nitrogens with one attached hydrogen (secondary N) is 2. The molecule has 0 atom stereocenters. The Kier molecular flexibility index (Phi) is 5.61. The highest BCUT2D eigenvalue weighted by atomic mass is 16.4. The predicted octanol–water partition coefficient (Wildman–Crippen LogP) is -0.0251. The second-order valence-electron chi connectivity index (χ2n) is 5.70. The van der Waals surface area contributed by atoms with Crippen LogP contribution in [0.1, 0.15) is 16.7 Å². The fourth-order valence-electron chi connectivity index (χ4n) is 2.42. The van der Waals surface area contributed by atoms with Gasteiger partial charge >= 0.3 is 11.6 Å². The Morgan fingerprint density at radius 1 is 1.04 bits per heavy atom. The number of aromatic hydroxyl groups is 1. The first-order chi connectivity index (χ1) is 12.2. The lowest BCUT2D eigenvalue weighted by molar-refractivity contribution is -0.137. The number of amides is 2. The van der Waals surface area contributed by atoms with Crippen molar-refractivity contribution in [1.29, 1.82) is 0 Å². The summed E-state index contributed by atoms with van der Waals surface area (Å²) in [6.07, 6.45) is -0.295. The maximum Gasteiger partial charge on any atom is 0.340 e. The van der Waals surface area contributed by atoms with Gasteiger partial charge in [-0.15, -0.1) is 0 Å². The second kappa shape index (κ2) is 7.68. The molecule has 9 heteroatoms. The van der Waals surface area contributed by atoms with E-state index < -0.39 is 36.5 Å². The lowest BCUT2D eigenvalue weighted by Gasteiger charge is -2.10. The van der Waals surface area contributed by atoms with Crippen molar-refractivity contribution in [2.24, 2.45) is 0 Å². The van der Waals surface area contributed by atoms with Gasteiger partial charge in [0.05, 0.1) is 18.5 Å². The third-order valence-electron chi connectivity index (χ3n) is 3.90. The zero-order valence-corrected chi connectivity index (χ0v) is 14.2. The maximum atomic E-state index is 12.2. The van der Waals surface area contributed by atoms with Crippen molar-refractivity contribution >= 4 is 28.8 Å². The van der Waals surface area contributed by atoms with Crippen LogP contribution in [0.2, 0.25) is 0 Å². The first-order valence-electron chi connectivity index (χ1n) is 7.70. The van der Waals surface area contributed by atoms with Gasteiger partial charge in [0.25, 0.3) is 0 Å². The number of hydrogen-bond acceptors (Lipinski definition) is 6. The highest BCUT2D eigenvalue weighted by Gasteiger charge is 2.17. The van der Waals surface area contributed by atoms with Crippen molar-refractivity contribution in [2.75, 3.05) is 13.1 Å². The zero-order valence-electron chi connectivity index (χ0n) is 14.2. The molecule has 0 radical (unpaired) electrons. The molecular formula is C17H18N2O7. The molecule has 0 spiro atoms. The molecular weight excluding hydrogens is 344 g/mol. The number of phenolic OH excluding ortho intramolecular Hbond substituents is 1. The van der Waals surface area contributed by atoms with Crippen LogP contribution >= 0.6 is 0 Å². The Hall–Kier alpha value is -3.36. The first-order valence-corrected chi connectivity index (χ1v) is 7.70. The largest absolute Gasteiger partial charge is 0.508 e. The molecule has 0 aliphatic rings. The van der Waals surface area contributed by atoms with Crippen molar-refractivity contribution in [1.82, 2.24) is 10.6 Å². The predicted molar refractivity (Wildman–Crippen MR) is 91.0 cm³/mol. The van der Waals surface area contributed by atoms with Gasteiger partial charge in [-0.1, -0.05) is 0 Å². The van der Waals surface area contributed by atoms with Crippen LogP contribution in [-0.4, -0.2) is 41.1 Å². The van der Waals surface area contributed by atoms with Crippen LogP contribution < -0.4 is 16.3 Å². The fraction of sp³-hybridized carbons (Fsp3) is 0.294. The van der Waals surface area contributed by atoms with Gasteiger partial charge in [-0.3, -0.25) is 14.4 Å². The molecule has 138 valence electrons. The van der Waals surface area contributed by atoms with Gasteiger partial charge < -0.3 is 25.3 Å². The summed E-state index contributed by atoms with van der Waals surface area (Å²) in [5, 5.41) is 23.2. The summed E-state index contributed by atoms with van der Waals surface area (Å²) < 4.78 is 5.24. The molecule has 1 heterocycles. The summed E-state index contributed by atoms with van der Waals surface area (Å²) in [5.74, 6) is -2.44. The molecule has 4 N–H and O–H groups in total. The minimum absolute atomic E-state index is 0.00193. The van der Waals surface area contributed by atoms with E-state index in [9.17, 15) is 24.3 Å². The molecule has 2 aromatic rings. The van der Waals surface area contributed by atoms with E-state index in [1.165, 1.54) is 6.07 Å². The Morgan fingerprint density at radius 3 is 2.35 bits per heavy atom. The van der Waals surface area contributed by atoms with Crippen molar-refractivity contribution in [3.63, 3.8) is 0 Å². The fourth-order valence-corrected chi connectivity index (χ4v) is 2.42. The lowest BCUT2D eigenvalue weighted by atomic mass is 10.0. The van der Waals surface area contributed by atoms with Crippen LogP contribution in [-0.2, 0) is 20.8 Å². The smallest absolute Gasteiger partial charge is 0.340 e. The van der Waals surface area contributed by atoms with Crippen LogP contribution in [0.15, 0.2) is 21.3 Å². The average molecular weight is 362 g/mol. The molecule has 26 heavy (non-hydrogen) atoms. The highest BCUT2D eigenvalue weighted by molar-refractivity contribution is 5.89. The molecule has 0 fully saturated rings. The van der Waals surface area contributed by atoms with Crippen LogP contribution in [0.25, 0.3) is 11.0 Å². The lowest BCUT2D eigenvalue weighted by Crippen LogP contribution is -2.39. The topological polar surface area (TPSA) is 146 Å². The summed E-state index contributed by atoms with van der Waals surface area (Å²) in [5.41, 5.74) is 0.670. The van der Waals surface area contributed by atoms with E-state index in [2.05, 4.69) is 10.6 Å². The highest BCUT2D eigenvalue weighted by Crippen LogP contribution is 2.28. The van der Waals surface area contributed by atoms with Crippen molar-refractivity contribution in [3.8, 4) is 5.75 Å². The molecule has 0 bridgehead atoms. The van der Waals surface area contributed by atoms with Gasteiger partial charge in [0.15, 0.2) is 0 Å². The number of carbonyl (C=O) groups excluding carboxylic acids is 2. The Morgan fingerprint density at radius 2 is 1.69 bits per heavy atom. The molecule has 0 aliphatic carbocycles. The van der Waals surface area contributed by atoms with Crippen molar-refractivity contribution in [2.45, 2.75) is 20.3 Å². The molecule has 9 nitrogen and oxygen atoms in total. The summed E-state index contributed by atoms with van der Waals surface area (Å²) in [6.45, 7) is 2.32. The zero-order chi connectivity index (χ0) is 19.4. The Bertz CT molecular complexity index is 946. The number of rotatable bonds is 6. The number of aryl methyl sites for hydroxylation is 2. The van der Waals surface area contributed by atoms with Crippen LogP contribution in [0.4, 0.5) is 0 Å². The van der Waals surface area contributed by atoms with Gasteiger partial charge in [-0.25, -0.2) is 4.79 Å². The molecule has 0 unspecified atom stereocenters. The van der Waals surface area contributed by atoms with E-state index in [4.69, 9.17) is 9.52 Å². The number of carboxylic acids is 1. The first kappa shape index (κ1) is 19.0. The van der Waals surface area contributed by atoms with E-state index in [0.29, 0.717) is 16.5 Å². The van der Waals surface area contributed by atoms with E-state index in [1.807, 2.05) is 0 Å². The normalized spacial score (nSPS) is 10.5. The van der Waals surface area contributed by atoms with Gasteiger partial charge in [-0.05, 0) is 31.5 Å². The quantitative estimate of drug-likeness (QED) is 0.528. The summed E-state index contributed by atoms with van der Waals surface area (Å²) in [4.78, 5) is 45.9. The molecule has 0 saturated heterocycles. The third-order valence-corrected chi connectivity index (χ3v) is 3.90. The van der Waals surface area contributed by atoms with Crippen LogP contribution in [0.5, 0.6) is 5.75 Å². The van der Waals surface area contributed by atoms with Gasteiger partial charge in [0, 0.05) is 10.9 Å². The Labute approximate surface area is 147 Å². The van der Waals surface area contributed by atoms with Gasteiger partial charge in [0.2, 0.25) is 11.8 Å². The standard InChI is InChI=1S/C17H18N2O7/c1-8-10-3-4-12(20)9(2)16(10)26-17(25)11(8)5-13(21)18-6-14(22)19-7-15(23)24/h3-4,20H,5-7H2,1-2H3,(H,18,21)(H,19,22)(H,23,24). The van der Waals surface area contributed by atoms with Crippen molar-refractivity contribution < 1.29 is 29.0 Å². The van der Waals surface area contributed by atoms with Gasteiger partial charge in [0.1, 0.15) is 17.9 Å². The van der Waals surface area contributed by atoms with Crippen LogP contribution in [0, 0.1) is 13.8 Å². The molecule has 1 aromatic heterocycles.